The van der Waals surface area contributed by atoms with E-state index < -0.39 is 16.0 Å². The molecular formula is C24H24N2O5S. The first kappa shape index (κ1) is 21.7. The van der Waals surface area contributed by atoms with E-state index in [4.69, 9.17) is 9.47 Å². The highest BCUT2D eigenvalue weighted by atomic mass is 32.2. The zero-order valence-corrected chi connectivity index (χ0v) is 18.7. The fraction of sp³-hybridized carbons (Fsp3) is 0.208. The second-order valence-electron chi connectivity index (χ2n) is 7.35. The smallest absolute Gasteiger partial charge is 0.337 e. The summed E-state index contributed by atoms with van der Waals surface area (Å²) in [4.78, 5) is 14.4. The van der Waals surface area contributed by atoms with Crippen molar-refractivity contribution in [2.75, 3.05) is 36.5 Å². The highest BCUT2D eigenvalue weighted by molar-refractivity contribution is 7.92. The molecule has 7 nitrogen and oxygen atoms in total. The fourth-order valence-electron chi connectivity index (χ4n) is 3.78. The van der Waals surface area contributed by atoms with Crippen molar-refractivity contribution in [3.63, 3.8) is 0 Å². The van der Waals surface area contributed by atoms with Crippen LogP contribution in [0, 0.1) is 0 Å². The summed E-state index contributed by atoms with van der Waals surface area (Å²) in [5.41, 5.74) is 2.65. The number of fused-ring (bicyclic) bond motifs is 1. The van der Waals surface area contributed by atoms with Gasteiger partial charge in [0, 0.05) is 13.1 Å². The number of esters is 1. The van der Waals surface area contributed by atoms with Crippen molar-refractivity contribution >= 4 is 27.4 Å². The van der Waals surface area contributed by atoms with Gasteiger partial charge in [-0.1, -0.05) is 30.3 Å². The van der Waals surface area contributed by atoms with Crippen molar-refractivity contribution < 1.29 is 22.7 Å². The van der Waals surface area contributed by atoms with Crippen LogP contribution in [0.3, 0.4) is 0 Å². The Labute approximate surface area is 187 Å². The highest BCUT2D eigenvalue weighted by Crippen LogP contribution is 2.38. The SMILES string of the molecule is COC(=O)c1ccc2c(c1)N(Cc1ccccc1)CCN2S(=O)(=O)c1ccc(OC)cc1. The summed E-state index contributed by atoms with van der Waals surface area (Å²) < 4.78 is 38.3. The molecule has 0 atom stereocenters. The van der Waals surface area contributed by atoms with Gasteiger partial charge in [-0.05, 0) is 48.0 Å². The number of carbonyl (C=O) groups excluding carboxylic acids is 1. The molecule has 0 radical (unpaired) electrons. The zero-order chi connectivity index (χ0) is 22.7. The number of benzene rings is 3. The number of rotatable bonds is 6. The lowest BCUT2D eigenvalue weighted by atomic mass is 10.1. The minimum Gasteiger partial charge on any atom is -0.497 e. The van der Waals surface area contributed by atoms with Crippen LogP contribution in [-0.4, -0.2) is 41.7 Å². The second-order valence-corrected chi connectivity index (χ2v) is 9.22. The molecule has 0 saturated carbocycles. The molecule has 0 fully saturated rings. The molecule has 0 aliphatic carbocycles. The lowest BCUT2D eigenvalue weighted by Crippen LogP contribution is -2.44. The summed E-state index contributed by atoms with van der Waals surface area (Å²) in [6.45, 7) is 1.35. The quantitative estimate of drug-likeness (QED) is 0.531. The molecule has 1 aliphatic rings. The Kier molecular flexibility index (Phi) is 6.05. The summed E-state index contributed by atoms with van der Waals surface area (Å²) in [7, 11) is -0.945. The average Bonchev–Trinajstić information content (AvgIpc) is 2.84. The fourth-order valence-corrected chi connectivity index (χ4v) is 5.25. The molecule has 3 aromatic rings. The summed E-state index contributed by atoms with van der Waals surface area (Å²) >= 11 is 0. The topological polar surface area (TPSA) is 76.2 Å². The van der Waals surface area contributed by atoms with Crippen LogP contribution in [0.5, 0.6) is 5.75 Å². The molecule has 8 heteroatoms. The van der Waals surface area contributed by atoms with Gasteiger partial charge in [0.1, 0.15) is 5.75 Å². The molecule has 0 bridgehead atoms. The Balaban J connectivity index is 1.76. The lowest BCUT2D eigenvalue weighted by Gasteiger charge is -2.38. The van der Waals surface area contributed by atoms with Crippen LogP contribution < -0.4 is 13.9 Å². The molecule has 0 unspecified atom stereocenters. The van der Waals surface area contributed by atoms with Gasteiger partial charge in [0.15, 0.2) is 0 Å². The van der Waals surface area contributed by atoms with Gasteiger partial charge in [0.2, 0.25) is 0 Å². The van der Waals surface area contributed by atoms with Crippen LogP contribution in [0.15, 0.2) is 77.7 Å². The number of ether oxygens (including phenoxy) is 2. The number of sulfonamides is 1. The number of carbonyl (C=O) groups is 1. The van der Waals surface area contributed by atoms with Crippen molar-refractivity contribution in [3.8, 4) is 5.75 Å². The number of hydrogen-bond donors (Lipinski definition) is 0. The van der Waals surface area contributed by atoms with Gasteiger partial charge in [-0.3, -0.25) is 4.31 Å². The summed E-state index contributed by atoms with van der Waals surface area (Å²) in [5.74, 6) is 0.113. The summed E-state index contributed by atoms with van der Waals surface area (Å²) in [5, 5.41) is 0. The predicted molar refractivity (Wildman–Crippen MR) is 123 cm³/mol. The third-order valence-electron chi connectivity index (χ3n) is 5.44. The van der Waals surface area contributed by atoms with Crippen LogP contribution in [0.25, 0.3) is 0 Å². The van der Waals surface area contributed by atoms with Crippen LogP contribution in [-0.2, 0) is 21.3 Å². The van der Waals surface area contributed by atoms with Crippen molar-refractivity contribution in [3.05, 3.63) is 83.9 Å². The highest BCUT2D eigenvalue weighted by Gasteiger charge is 2.32. The van der Waals surface area contributed by atoms with Crippen molar-refractivity contribution in [2.24, 2.45) is 0 Å². The Bertz CT molecular complexity index is 1210. The third kappa shape index (κ3) is 4.13. The molecule has 0 saturated heterocycles. The Hall–Kier alpha value is -3.52. The molecule has 1 aliphatic heterocycles. The van der Waals surface area contributed by atoms with Gasteiger partial charge in [0.05, 0.1) is 42.6 Å². The van der Waals surface area contributed by atoms with Crippen LogP contribution in [0.2, 0.25) is 0 Å². The Morgan fingerprint density at radius 2 is 1.62 bits per heavy atom. The number of hydrogen-bond acceptors (Lipinski definition) is 6. The van der Waals surface area contributed by atoms with E-state index in [9.17, 15) is 13.2 Å². The van der Waals surface area contributed by atoms with E-state index in [1.165, 1.54) is 30.7 Å². The lowest BCUT2D eigenvalue weighted by molar-refractivity contribution is 0.0601. The van der Waals surface area contributed by atoms with Crippen molar-refractivity contribution in [1.29, 1.82) is 0 Å². The van der Waals surface area contributed by atoms with Gasteiger partial charge >= 0.3 is 5.97 Å². The number of nitrogens with zero attached hydrogens (tertiary/aromatic N) is 2. The predicted octanol–water partition coefficient (Wildman–Crippen LogP) is 3.70. The second kappa shape index (κ2) is 8.92. The maximum atomic E-state index is 13.5. The normalized spacial score (nSPS) is 13.4. The summed E-state index contributed by atoms with van der Waals surface area (Å²) in [6, 6.07) is 21.2. The van der Waals surface area contributed by atoms with Crippen molar-refractivity contribution in [2.45, 2.75) is 11.4 Å². The Morgan fingerprint density at radius 1 is 0.906 bits per heavy atom. The molecule has 32 heavy (non-hydrogen) atoms. The monoisotopic (exact) mass is 452 g/mol. The first-order valence-electron chi connectivity index (χ1n) is 10.1. The maximum absolute atomic E-state index is 13.5. The van der Waals surface area contributed by atoms with Gasteiger partial charge in [-0.2, -0.15) is 0 Å². The summed E-state index contributed by atoms with van der Waals surface area (Å²) in [6.07, 6.45) is 0. The molecule has 0 aromatic heterocycles. The van der Waals surface area contributed by atoms with E-state index in [0.717, 1.165) is 5.56 Å². The van der Waals surface area contributed by atoms with E-state index >= 15 is 0 Å². The van der Waals surface area contributed by atoms with Crippen LogP contribution >= 0.6 is 0 Å². The maximum Gasteiger partial charge on any atom is 0.337 e. The van der Waals surface area contributed by atoms with Gasteiger partial charge < -0.3 is 14.4 Å². The number of anilines is 2. The molecule has 0 spiro atoms. The first-order chi connectivity index (χ1) is 15.4. The average molecular weight is 453 g/mol. The van der Waals surface area contributed by atoms with E-state index in [-0.39, 0.29) is 11.4 Å². The third-order valence-corrected chi connectivity index (χ3v) is 7.27. The van der Waals surface area contributed by atoms with Crippen LogP contribution in [0.1, 0.15) is 15.9 Å². The number of methoxy groups -OCH3 is 2. The largest absolute Gasteiger partial charge is 0.497 e. The van der Waals surface area contributed by atoms with E-state index in [1.54, 1.807) is 30.3 Å². The zero-order valence-electron chi connectivity index (χ0n) is 17.9. The molecule has 166 valence electrons. The van der Waals surface area contributed by atoms with Gasteiger partial charge in [-0.25, -0.2) is 13.2 Å². The van der Waals surface area contributed by atoms with Crippen LogP contribution in [0.4, 0.5) is 11.4 Å². The van der Waals surface area contributed by atoms with E-state index in [0.29, 0.717) is 35.8 Å². The van der Waals surface area contributed by atoms with Crippen molar-refractivity contribution in [1.82, 2.24) is 0 Å². The van der Waals surface area contributed by atoms with E-state index in [1.807, 2.05) is 30.3 Å². The van der Waals surface area contributed by atoms with Gasteiger partial charge in [-0.15, -0.1) is 0 Å². The standard InChI is InChI=1S/C24H24N2O5S/c1-30-20-9-11-21(12-10-20)32(28,29)26-15-14-25(17-18-6-4-3-5-7-18)23-16-19(24(27)31-2)8-13-22(23)26/h3-13,16H,14-15,17H2,1-2H3. The molecule has 1 heterocycles. The Morgan fingerprint density at radius 3 is 2.28 bits per heavy atom. The molecule has 3 aromatic carbocycles. The van der Waals surface area contributed by atoms with Gasteiger partial charge in [0.25, 0.3) is 10.0 Å². The molecular weight excluding hydrogens is 428 g/mol. The molecule has 4 rings (SSSR count). The molecule has 0 amide bonds. The van der Waals surface area contributed by atoms with E-state index in [2.05, 4.69) is 4.90 Å². The minimum absolute atomic E-state index is 0.179. The minimum atomic E-state index is -3.80. The first-order valence-corrected chi connectivity index (χ1v) is 11.6. The molecule has 0 N–H and O–H groups in total.